The predicted octanol–water partition coefficient (Wildman–Crippen LogP) is 5.43. The molecule has 0 bridgehead atoms. The maximum atomic E-state index is 12.6. The van der Waals surface area contributed by atoms with Gasteiger partial charge in [-0.05, 0) is 46.9 Å². The fourth-order valence-electron chi connectivity index (χ4n) is 3.91. The van der Waals surface area contributed by atoms with Crippen LogP contribution in [0, 0.1) is 11.3 Å². The van der Waals surface area contributed by atoms with Crippen molar-refractivity contribution < 1.29 is 19.0 Å². The Labute approximate surface area is 199 Å². The predicted molar refractivity (Wildman–Crippen MR) is 129 cm³/mol. The van der Waals surface area contributed by atoms with E-state index in [1.807, 2.05) is 12.1 Å². The highest BCUT2D eigenvalue weighted by Gasteiger charge is 2.31. The number of carbonyl (C=O) groups is 1. The smallest absolute Gasteiger partial charge is 0.343 e. The van der Waals surface area contributed by atoms with Gasteiger partial charge in [0, 0.05) is 11.6 Å². The molecule has 0 aliphatic carbocycles. The van der Waals surface area contributed by atoms with E-state index in [-0.39, 0.29) is 17.2 Å². The van der Waals surface area contributed by atoms with Gasteiger partial charge in [0.1, 0.15) is 28.9 Å². The van der Waals surface area contributed by atoms with Crippen LogP contribution < -0.4 is 19.9 Å². The Hall–Kier alpha value is -4.24. The maximum Gasteiger partial charge on any atom is 0.343 e. The van der Waals surface area contributed by atoms with Crippen LogP contribution in [0.3, 0.4) is 0 Å². The molecule has 1 unspecified atom stereocenters. The third-order valence-electron chi connectivity index (χ3n) is 5.84. The maximum absolute atomic E-state index is 12.6. The molecule has 3 aromatic carbocycles. The highest BCUT2D eigenvalue weighted by atomic mass is 16.5. The molecule has 0 saturated heterocycles. The highest BCUT2D eigenvalue weighted by Crippen LogP contribution is 2.43. The van der Waals surface area contributed by atoms with Gasteiger partial charge in [0.05, 0.1) is 18.6 Å². The van der Waals surface area contributed by atoms with E-state index in [0.29, 0.717) is 28.4 Å². The molecule has 0 aromatic heterocycles. The van der Waals surface area contributed by atoms with Gasteiger partial charge in [0.25, 0.3) is 0 Å². The number of nitriles is 1. The molecular weight excluding hydrogens is 428 g/mol. The molecule has 1 heterocycles. The molecular formula is C28H26N2O4. The lowest BCUT2D eigenvalue weighted by atomic mass is 9.81. The van der Waals surface area contributed by atoms with E-state index in [9.17, 15) is 10.1 Å². The zero-order chi connectivity index (χ0) is 24.5. The van der Waals surface area contributed by atoms with Crippen molar-refractivity contribution in [3.05, 3.63) is 100 Å². The number of carbonyl (C=O) groups excluding carboxylic acids is 1. The van der Waals surface area contributed by atoms with Crippen LogP contribution in [-0.4, -0.2) is 13.1 Å². The number of ether oxygens (including phenoxy) is 3. The fourth-order valence-corrected chi connectivity index (χ4v) is 3.91. The normalized spacial score (nSPS) is 15.1. The molecule has 1 aliphatic rings. The van der Waals surface area contributed by atoms with Crippen LogP contribution in [0.25, 0.3) is 0 Å². The summed E-state index contributed by atoms with van der Waals surface area (Å²) in [5.74, 6) is 0.563. The first kappa shape index (κ1) is 22.9. The average molecular weight is 455 g/mol. The van der Waals surface area contributed by atoms with Gasteiger partial charge in [-0.2, -0.15) is 5.26 Å². The fraction of sp³-hybridized carbons (Fsp3) is 0.214. The number of allylic oxidation sites excluding steroid dienone is 1. The number of methoxy groups -OCH3 is 1. The van der Waals surface area contributed by atoms with Crippen molar-refractivity contribution in [1.29, 1.82) is 5.26 Å². The Morgan fingerprint density at radius 3 is 2.24 bits per heavy atom. The number of nitrogens with two attached hydrogens (primary N) is 1. The van der Waals surface area contributed by atoms with Crippen molar-refractivity contribution in [2.45, 2.75) is 32.1 Å². The lowest BCUT2D eigenvalue weighted by molar-refractivity contribution is 0.0734. The van der Waals surface area contributed by atoms with Crippen LogP contribution in [0.5, 0.6) is 17.2 Å². The van der Waals surface area contributed by atoms with Gasteiger partial charge < -0.3 is 19.9 Å². The van der Waals surface area contributed by atoms with Gasteiger partial charge in [-0.15, -0.1) is 0 Å². The summed E-state index contributed by atoms with van der Waals surface area (Å²) in [6.45, 7) is 6.46. The Bertz CT molecular complexity index is 1290. The lowest BCUT2D eigenvalue weighted by Crippen LogP contribution is -2.21. The van der Waals surface area contributed by atoms with Crippen LogP contribution in [0.2, 0.25) is 0 Å². The number of nitrogens with zero attached hydrogens (tertiary/aromatic N) is 1. The Morgan fingerprint density at radius 2 is 1.65 bits per heavy atom. The number of esters is 1. The third-order valence-corrected chi connectivity index (χ3v) is 5.84. The topological polar surface area (TPSA) is 94.6 Å². The van der Waals surface area contributed by atoms with E-state index in [0.717, 1.165) is 11.1 Å². The molecule has 0 fully saturated rings. The van der Waals surface area contributed by atoms with E-state index in [1.165, 1.54) is 5.56 Å². The molecule has 3 aromatic rings. The molecule has 4 rings (SSSR count). The minimum atomic E-state index is -0.506. The first-order chi connectivity index (χ1) is 16.2. The zero-order valence-electron chi connectivity index (χ0n) is 19.6. The number of fused-ring (bicyclic) bond motifs is 1. The minimum absolute atomic E-state index is 0.0156. The summed E-state index contributed by atoms with van der Waals surface area (Å²) in [6, 6.07) is 22.1. The second-order valence-electron chi connectivity index (χ2n) is 9.11. The molecule has 0 spiro atoms. The number of benzene rings is 3. The van der Waals surface area contributed by atoms with Gasteiger partial charge in [0.15, 0.2) is 0 Å². The van der Waals surface area contributed by atoms with Crippen molar-refractivity contribution >= 4 is 5.97 Å². The molecule has 34 heavy (non-hydrogen) atoms. The van der Waals surface area contributed by atoms with E-state index in [4.69, 9.17) is 19.9 Å². The van der Waals surface area contributed by atoms with E-state index in [2.05, 4.69) is 39.0 Å². The van der Waals surface area contributed by atoms with Gasteiger partial charge in [0.2, 0.25) is 5.88 Å². The molecule has 6 heteroatoms. The monoisotopic (exact) mass is 454 g/mol. The lowest BCUT2D eigenvalue weighted by Gasteiger charge is -2.27. The molecule has 0 saturated carbocycles. The zero-order valence-corrected chi connectivity index (χ0v) is 19.6. The Morgan fingerprint density at radius 1 is 1.00 bits per heavy atom. The summed E-state index contributed by atoms with van der Waals surface area (Å²) in [5, 5.41) is 9.79. The Balaban J connectivity index is 1.65. The summed E-state index contributed by atoms with van der Waals surface area (Å²) in [4.78, 5) is 12.6. The minimum Gasteiger partial charge on any atom is -0.497 e. The van der Waals surface area contributed by atoms with Crippen molar-refractivity contribution in [3.8, 4) is 23.3 Å². The van der Waals surface area contributed by atoms with Crippen LogP contribution in [0.4, 0.5) is 0 Å². The summed E-state index contributed by atoms with van der Waals surface area (Å²) >= 11 is 0. The SMILES string of the molecule is COc1ccc(C(=O)Oc2ccc3c(c2)OC(N)=C(C#N)C3c2ccc(C(C)(C)C)cc2)cc1. The van der Waals surface area contributed by atoms with Gasteiger partial charge in [-0.3, -0.25) is 0 Å². The Kier molecular flexibility index (Phi) is 6.04. The van der Waals surface area contributed by atoms with Crippen molar-refractivity contribution in [3.63, 3.8) is 0 Å². The quantitative estimate of drug-likeness (QED) is 0.417. The number of hydrogen-bond donors (Lipinski definition) is 1. The summed E-state index contributed by atoms with van der Waals surface area (Å²) in [6.07, 6.45) is 0. The molecule has 1 atom stereocenters. The summed E-state index contributed by atoms with van der Waals surface area (Å²) in [7, 11) is 1.56. The number of rotatable bonds is 4. The standard InChI is InChI=1S/C28H26N2O4/c1-28(2,3)19-9-5-17(6-10-19)25-22-14-13-21(15-24(22)34-26(30)23(25)16-29)33-27(31)18-7-11-20(32-4)12-8-18/h5-15,25H,30H2,1-4H3. The highest BCUT2D eigenvalue weighted by molar-refractivity contribution is 5.91. The van der Waals surface area contributed by atoms with E-state index in [1.54, 1.807) is 49.6 Å². The second-order valence-corrected chi connectivity index (χ2v) is 9.11. The van der Waals surface area contributed by atoms with Crippen LogP contribution >= 0.6 is 0 Å². The summed E-state index contributed by atoms with van der Waals surface area (Å²) < 4.78 is 16.4. The molecule has 2 N–H and O–H groups in total. The van der Waals surface area contributed by atoms with Crippen molar-refractivity contribution in [1.82, 2.24) is 0 Å². The first-order valence-corrected chi connectivity index (χ1v) is 10.9. The van der Waals surface area contributed by atoms with Crippen molar-refractivity contribution in [2.24, 2.45) is 5.73 Å². The van der Waals surface area contributed by atoms with Gasteiger partial charge >= 0.3 is 5.97 Å². The molecule has 1 aliphatic heterocycles. The van der Waals surface area contributed by atoms with Crippen LogP contribution in [-0.2, 0) is 5.41 Å². The van der Waals surface area contributed by atoms with Crippen LogP contribution in [0.15, 0.2) is 78.2 Å². The summed E-state index contributed by atoms with van der Waals surface area (Å²) in [5.41, 5.74) is 9.77. The average Bonchev–Trinajstić information content (AvgIpc) is 2.82. The molecule has 172 valence electrons. The third kappa shape index (κ3) is 4.46. The van der Waals surface area contributed by atoms with Gasteiger partial charge in [-0.25, -0.2) is 4.79 Å². The molecule has 0 radical (unpaired) electrons. The van der Waals surface area contributed by atoms with Crippen molar-refractivity contribution in [2.75, 3.05) is 7.11 Å². The molecule has 6 nitrogen and oxygen atoms in total. The van der Waals surface area contributed by atoms with E-state index < -0.39 is 5.97 Å². The molecule has 0 amide bonds. The second kappa shape index (κ2) is 8.95. The largest absolute Gasteiger partial charge is 0.497 e. The first-order valence-electron chi connectivity index (χ1n) is 10.9. The van der Waals surface area contributed by atoms with Gasteiger partial charge in [-0.1, -0.05) is 51.1 Å². The van der Waals surface area contributed by atoms with E-state index >= 15 is 0 Å². The van der Waals surface area contributed by atoms with Crippen LogP contribution in [0.1, 0.15) is 53.7 Å². The number of hydrogen-bond acceptors (Lipinski definition) is 6.